The molecule has 56 heavy (non-hydrogen) atoms. The van der Waals surface area contributed by atoms with Crippen LogP contribution in [0.2, 0.25) is 0 Å². The van der Waals surface area contributed by atoms with Gasteiger partial charge in [0, 0.05) is 38.5 Å². The monoisotopic (exact) mass is 719 g/mol. The van der Waals surface area contributed by atoms with Gasteiger partial charge in [-0.25, -0.2) is 4.99 Å². The summed E-state index contributed by atoms with van der Waals surface area (Å²) >= 11 is 0. The van der Waals surface area contributed by atoms with E-state index in [0.29, 0.717) is 0 Å². The van der Waals surface area contributed by atoms with Crippen LogP contribution in [-0.2, 0) is 0 Å². The molecular formula is C51H37N5. The van der Waals surface area contributed by atoms with E-state index in [1.54, 1.807) is 0 Å². The summed E-state index contributed by atoms with van der Waals surface area (Å²) in [4.78, 5) is 5.12. The zero-order valence-corrected chi connectivity index (χ0v) is 30.5. The minimum atomic E-state index is -0.193. The number of hydrogen-bond donors (Lipinski definition) is 2. The molecule has 0 radical (unpaired) electrons. The van der Waals surface area contributed by atoms with Gasteiger partial charge in [-0.2, -0.15) is 0 Å². The van der Waals surface area contributed by atoms with Gasteiger partial charge in [0.2, 0.25) is 0 Å². The van der Waals surface area contributed by atoms with Crippen LogP contribution in [0.25, 0.3) is 66.1 Å². The van der Waals surface area contributed by atoms with Crippen molar-refractivity contribution in [1.29, 1.82) is 0 Å². The van der Waals surface area contributed by atoms with Crippen LogP contribution in [0, 0.1) is 0 Å². The van der Waals surface area contributed by atoms with Crippen molar-refractivity contribution in [2.45, 2.75) is 12.3 Å². The number of rotatable bonds is 6. The molecule has 11 rings (SSSR count). The number of nitrogens with zero attached hydrogens (tertiary/aromatic N) is 3. The maximum Gasteiger partial charge on any atom is 0.131 e. The zero-order valence-electron chi connectivity index (χ0n) is 30.5. The average molecular weight is 720 g/mol. The Labute approximate surface area is 324 Å². The molecular weight excluding hydrogens is 683 g/mol. The summed E-state index contributed by atoms with van der Waals surface area (Å²) in [5.74, 6) is 0.876. The van der Waals surface area contributed by atoms with Crippen molar-refractivity contribution in [3.8, 4) is 22.5 Å². The second-order valence-corrected chi connectivity index (χ2v) is 14.5. The summed E-state index contributed by atoms with van der Waals surface area (Å²) in [6.45, 7) is 0. The fourth-order valence-electron chi connectivity index (χ4n) is 8.56. The lowest BCUT2D eigenvalue weighted by atomic mass is 10.0. The van der Waals surface area contributed by atoms with Crippen LogP contribution < -0.4 is 10.6 Å². The summed E-state index contributed by atoms with van der Waals surface area (Å²) in [5.41, 5.74) is 12.8. The molecule has 0 spiro atoms. The number of nitrogens with one attached hydrogen (secondary N) is 2. The Morgan fingerprint density at radius 2 is 0.875 bits per heavy atom. The predicted molar refractivity (Wildman–Crippen MR) is 232 cm³/mol. The maximum absolute atomic E-state index is 5.12. The third-order valence-electron chi connectivity index (χ3n) is 11.2. The van der Waals surface area contributed by atoms with E-state index >= 15 is 0 Å². The van der Waals surface area contributed by atoms with Gasteiger partial charge in [0.25, 0.3) is 0 Å². The summed E-state index contributed by atoms with van der Waals surface area (Å²) in [5, 5.41) is 12.5. The van der Waals surface area contributed by atoms with E-state index in [-0.39, 0.29) is 12.3 Å². The number of amidine groups is 1. The Bertz CT molecular complexity index is 3090. The predicted octanol–water partition coefficient (Wildman–Crippen LogP) is 11.9. The quantitative estimate of drug-likeness (QED) is 0.180. The van der Waals surface area contributed by atoms with E-state index in [4.69, 9.17) is 4.99 Å². The van der Waals surface area contributed by atoms with Gasteiger partial charge < -0.3 is 14.5 Å². The third-order valence-corrected chi connectivity index (χ3v) is 11.2. The minimum absolute atomic E-state index is 0.157. The molecule has 0 bridgehead atoms. The van der Waals surface area contributed by atoms with Crippen LogP contribution in [0.5, 0.6) is 0 Å². The smallest absolute Gasteiger partial charge is 0.131 e. The Balaban J connectivity index is 1.01. The number of benzene rings is 8. The van der Waals surface area contributed by atoms with Crippen molar-refractivity contribution >= 4 is 49.4 Å². The van der Waals surface area contributed by atoms with Crippen LogP contribution in [0.1, 0.15) is 29.0 Å². The van der Waals surface area contributed by atoms with E-state index in [2.05, 4.69) is 208 Å². The normalized spacial score (nSPS) is 15.7. The van der Waals surface area contributed by atoms with Crippen molar-refractivity contribution in [3.05, 3.63) is 217 Å². The topological polar surface area (TPSA) is 46.3 Å². The Kier molecular flexibility index (Phi) is 7.64. The molecule has 0 amide bonds. The van der Waals surface area contributed by atoms with E-state index in [1.165, 1.54) is 60.4 Å². The van der Waals surface area contributed by atoms with E-state index in [9.17, 15) is 0 Å². The van der Waals surface area contributed by atoms with E-state index in [0.717, 1.165) is 28.2 Å². The zero-order chi connectivity index (χ0) is 37.0. The number of fused-ring (bicyclic) bond motifs is 6. The molecule has 0 saturated heterocycles. The SMILES string of the molecule is c1ccc(C2=NC(c3ccccc3)NC(c3cccc(-n4c5ccccc5c5cc(-c6ccc7c(c6)c6ccccc6n7-c6ccccc6)ccc54)c3)N2)cc1. The molecule has 0 saturated carbocycles. The first-order chi connectivity index (χ1) is 27.8. The molecule has 2 aromatic heterocycles. The Morgan fingerprint density at radius 1 is 0.375 bits per heavy atom. The fourth-order valence-corrected chi connectivity index (χ4v) is 8.56. The van der Waals surface area contributed by atoms with Gasteiger partial charge in [0.05, 0.1) is 22.1 Å². The molecule has 8 aromatic carbocycles. The molecule has 2 atom stereocenters. The molecule has 266 valence electrons. The fraction of sp³-hybridized carbons (Fsp3) is 0.0392. The number of aromatic nitrogens is 2. The van der Waals surface area contributed by atoms with Gasteiger partial charge in [-0.05, 0) is 82.9 Å². The largest absolute Gasteiger partial charge is 0.350 e. The summed E-state index contributed by atoms with van der Waals surface area (Å²) in [6.07, 6.45) is -0.350. The van der Waals surface area contributed by atoms with Crippen LogP contribution in [0.15, 0.2) is 205 Å². The molecule has 5 heteroatoms. The molecule has 5 nitrogen and oxygen atoms in total. The van der Waals surface area contributed by atoms with Gasteiger partial charge in [0.1, 0.15) is 18.2 Å². The van der Waals surface area contributed by atoms with Crippen molar-refractivity contribution in [2.24, 2.45) is 4.99 Å². The van der Waals surface area contributed by atoms with Crippen LogP contribution in [0.3, 0.4) is 0 Å². The van der Waals surface area contributed by atoms with Crippen molar-refractivity contribution < 1.29 is 0 Å². The maximum atomic E-state index is 5.12. The molecule has 0 fully saturated rings. The highest BCUT2D eigenvalue weighted by molar-refractivity contribution is 6.12. The second-order valence-electron chi connectivity index (χ2n) is 14.5. The summed E-state index contributed by atoms with van der Waals surface area (Å²) in [7, 11) is 0. The highest BCUT2D eigenvalue weighted by atomic mass is 15.3. The molecule has 3 heterocycles. The first-order valence-corrected chi connectivity index (χ1v) is 19.2. The first kappa shape index (κ1) is 32.2. The molecule has 2 N–H and O–H groups in total. The van der Waals surface area contributed by atoms with Crippen LogP contribution in [-0.4, -0.2) is 15.0 Å². The second kappa shape index (κ2) is 13.3. The van der Waals surface area contributed by atoms with E-state index < -0.39 is 0 Å². The lowest BCUT2D eigenvalue weighted by Crippen LogP contribution is -2.45. The van der Waals surface area contributed by atoms with Crippen LogP contribution in [0.4, 0.5) is 0 Å². The lowest BCUT2D eigenvalue weighted by Gasteiger charge is -2.32. The van der Waals surface area contributed by atoms with E-state index in [1.807, 2.05) is 12.1 Å². The highest BCUT2D eigenvalue weighted by Crippen LogP contribution is 2.38. The number of para-hydroxylation sites is 3. The van der Waals surface area contributed by atoms with Gasteiger partial charge >= 0.3 is 0 Å². The number of hydrogen-bond acceptors (Lipinski definition) is 3. The van der Waals surface area contributed by atoms with Crippen molar-refractivity contribution in [2.75, 3.05) is 0 Å². The number of aliphatic imine (C=N–C) groups is 1. The van der Waals surface area contributed by atoms with Crippen molar-refractivity contribution in [1.82, 2.24) is 19.8 Å². The van der Waals surface area contributed by atoms with Crippen molar-refractivity contribution in [3.63, 3.8) is 0 Å². The van der Waals surface area contributed by atoms with Gasteiger partial charge in [-0.15, -0.1) is 0 Å². The Hall–Kier alpha value is -7.21. The molecule has 1 aliphatic rings. The molecule has 1 aliphatic heterocycles. The lowest BCUT2D eigenvalue weighted by molar-refractivity contribution is 0.409. The first-order valence-electron chi connectivity index (χ1n) is 19.2. The summed E-state index contributed by atoms with van der Waals surface area (Å²) in [6, 6.07) is 71.7. The molecule has 0 aliphatic carbocycles. The van der Waals surface area contributed by atoms with Crippen LogP contribution >= 0.6 is 0 Å². The Morgan fingerprint density at radius 3 is 1.52 bits per heavy atom. The highest BCUT2D eigenvalue weighted by Gasteiger charge is 2.26. The summed E-state index contributed by atoms with van der Waals surface area (Å²) < 4.78 is 4.77. The molecule has 10 aromatic rings. The minimum Gasteiger partial charge on any atom is -0.350 e. The average Bonchev–Trinajstić information content (AvgIpc) is 3.79. The molecule has 2 unspecified atom stereocenters. The van der Waals surface area contributed by atoms with Gasteiger partial charge in [-0.3, -0.25) is 5.32 Å². The standard InChI is InChI=1S/C51H37N5/c1-4-15-34(16-5-1)49-52-50(35-17-6-2-7-18-35)54-51(53-49)38-19-14-22-40(31-38)56-46-26-13-11-24-42(46)44-33-37(28-30-48(44)56)36-27-29-47-43(32-36)41-23-10-12-25-45(41)55(47)39-20-8-3-9-21-39/h1-33,49,51,53H,(H,52,54). The van der Waals surface area contributed by atoms with Gasteiger partial charge in [-0.1, -0.05) is 140 Å². The third kappa shape index (κ3) is 5.40. The van der Waals surface area contributed by atoms with Gasteiger partial charge in [0.15, 0.2) is 0 Å².